The second kappa shape index (κ2) is 14.2. The van der Waals surface area contributed by atoms with E-state index in [1.807, 2.05) is 0 Å². The first kappa shape index (κ1) is 24.0. The van der Waals surface area contributed by atoms with Crippen molar-refractivity contribution >= 4 is 8.56 Å². The molecule has 0 aromatic rings. The third kappa shape index (κ3) is 13.3. The van der Waals surface area contributed by atoms with Crippen LogP contribution in [0.3, 0.4) is 0 Å². The molecule has 0 saturated heterocycles. The van der Waals surface area contributed by atoms with Gasteiger partial charge in [-0.15, -0.1) is 0 Å². The average molecular weight is 362 g/mol. The van der Waals surface area contributed by atoms with Crippen LogP contribution in [0.25, 0.3) is 0 Å². The summed E-state index contributed by atoms with van der Waals surface area (Å²) in [7, 11) is 6.64. The Kier molecular flexibility index (Phi) is 14.2. The van der Waals surface area contributed by atoms with Gasteiger partial charge in [0.15, 0.2) is 0 Å². The highest BCUT2D eigenvalue weighted by atomic mass is 28.4. The molecule has 0 unspecified atom stereocenters. The minimum absolute atomic E-state index is 0.762. The Balaban J connectivity index is 4.29. The maximum absolute atomic E-state index is 5.96. The van der Waals surface area contributed by atoms with Crippen LogP contribution in [0.2, 0.25) is 12.6 Å². The first-order valence-corrected chi connectivity index (χ1v) is 12.1. The van der Waals surface area contributed by atoms with E-state index in [1.54, 1.807) is 0 Å². The van der Waals surface area contributed by atoms with Crippen LogP contribution in [-0.4, -0.2) is 97.4 Å². The van der Waals surface area contributed by atoms with Crippen molar-refractivity contribution in [3.8, 4) is 0 Å². The lowest BCUT2D eigenvalue weighted by atomic mass is 10.3. The molecule has 0 aliphatic heterocycles. The zero-order valence-electron chi connectivity index (χ0n) is 17.4. The van der Waals surface area contributed by atoms with Gasteiger partial charge in [0.1, 0.15) is 0 Å². The summed E-state index contributed by atoms with van der Waals surface area (Å²) in [5.74, 6) is 0. The number of hydrogen-bond donors (Lipinski definition) is 0. The van der Waals surface area contributed by atoms with E-state index in [0.29, 0.717) is 0 Å². The van der Waals surface area contributed by atoms with Crippen molar-refractivity contribution in [2.24, 2.45) is 0 Å². The molecule has 0 saturated carbocycles. The first-order chi connectivity index (χ1) is 11.3. The molecule has 0 spiro atoms. The van der Waals surface area contributed by atoms with Gasteiger partial charge in [-0.2, -0.15) is 0 Å². The molecule has 0 heterocycles. The Morgan fingerprint density at radius 2 is 1.08 bits per heavy atom. The van der Waals surface area contributed by atoms with Crippen LogP contribution in [0.15, 0.2) is 0 Å². The predicted octanol–water partition coefficient (Wildman–Crippen LogP) is 2.73. The van der Waals surface area contributed by atoms with Gasteiger partial charge in [-0.1, -0.05) is 0 Å². The van der Waals surface area contributed by atoms with Gasteiger partial charge in [0, 0.05) is 13.2 Å². The molecule has 0 radical (unpaired) electrons. The smallest absolute Gasteiger partial charge is 0.334 e. The molecular weight excluding hydrogens is 318 g/mol. The van der Waals surface area contributed by atoms with E-state index >= 15 is 0 Å². The highest BCUT2D eigenvalue weighted by molar-refractivity contribution is 6.66. The molecule has 0 aliphatic carbocycles. The number of rotatable bonds is 16. The van der Waals surface area contributed by atoms with Gasteiger partial charge in [-0.05, 0) is 107 Å². The van der Waals surface area contributed by atoms with Gasteiger partial charge < -0.3 is 23.6 Å². The van der Waals surface area contributed by atoms with E-state index in [4.69, 9.17) is 8.85 Å². The minimum atomic E-state index is -1.96. The van der Waals surface area contributed by atoms with Crippen molar-refractivity contribution < 1.29 is 8.85 Å². The monoisotopic (exact) mass is 361 g/mol. The second-order valence-electron chi connectivity index (χ2n) is 7.26. The van der Waals surface area contributed by atoms with Crippen LogP contribution in [0, 0.1) is 0 Å². The average Bonchev–Trinajstić information content (AvgIpc) is 2.46. The minimum Gasteiger partial charge on any atom is -0.395 e. The maximum Gasteiger partial charge on any atom is 0.334 e. The van der Waals surface area contributed by atoms with Gasteiger partial charge in [0.05, 0.1) is 0 Å². The Morgan fingerprint density at radius 1 is 0.667 bits per heavy atom. The van der Waals surface area contributed by atoms with E-state index in [9.17, 15) is 0 Å². The normalized spacial score (nSPS) is 12.8. The summed E-state index contributed by atoms with van der Waals surface area (Å²) in [6.07, 6.45) is 3.65. The highest BCUT2D eigenvalue weighted by Crippen LogP contribution is 2.16. The van der Waals surface area contributed by atoms with Crippen LogP contribution in [-0.2, 0) is 8.85 Å². The van der Waals surface area contributed by atoms with E-state index in [0.717, 1.165) is 38.9 Å². The molecule has 0 aromatic carbocycles. The van der Waals surface area contributed by atoms with Crippen LogP contribution >= 0.6 is 0 Å². The molecule has 0 amide bonds. The molecule has 0 rings (SSSR count). The van der Waals surface area contributed by atoms with Crippen molar-refractivity contribution in [1.29, 1.82) is 0 Å². The lowest BCUT2D eigenvalue weighted by Gasteiger charge is -2.28. The van der Waals surface area contributed by atoms with Crippen molar-refractivity contribution in [3.63, 3.8) is 0 Å². The molecule has 0 aliphatic rings. The van der Waals surface area contributed by atoms with E-state index < -0.39 is 8.56 Å². The summed E-state index contributed by atoms with van der Waals surface area (Å²) in [4.78, 5) is 7.16. The maximum atomic E-state index is 5.96. The van der Waals surface area contributed by atoms with Gasteiger partial charge in [0.2, 0.25) is 0 Å². The van der Waals surface area contributed by atoms with Gasteiger partial charge in [-0.25, -0.2) is 0 Å². The summed E-state index contributed by atoms with van der Waals surface area (Å²) in [6, 6.07) is 1.09. The molecular formula is C18H43N3O2Si. The quantitative estimate of drug-likeness (QED) is 0.394. The molecule has 5 nitrogen and oxygen atoms in total. The largest absolute Gasteiger partial charge is 0.395 e. The fourth-order valence-electron chi connectivity index (χ4n) is 2.98. The summed E-state index contributed by atoms with van der Waals surface area (Å²) >= 11 is 0. The second-order valence-corrected chi connectivity index (χ2v) is 10.6. The van der Waals surface area contributed by atoms with Gasteiger partial charge >= 0.3 is 8.56 Å². The van der Waals surface area contributed by atoms with E-state index in [2.05, 4.69) is 63.3 Å². The Bertz CT molecular complexity index is 271. The summed E-state index contributed by atoms with van der Waals surface area (Å²) in [6.45, 7) is 13.7. The van der Waals surface area contributed by atoms with Crippen LogP contribution in [0.1, 0.15) is 33.1 Å². The fraction of sp³-hybridized carbons (Fsp3) is 1.00. The highest BCUT2D eigenvalue weighted by Gasteiger charge is 2.30. The standard InChI is InChI=1S/C18H43N3O2Si/c1-8-22-24(7,23-9-2)18-12-17-21(15-10-13-19(3)4)16-11-14-20(5)6/h8-18H2,1-7H3. The van der Waals surface area contributed by atoms with Gasteiger partial charge in [-0.3, -0.25) is 0 Å². The summed E-state index contributed by atoms with van der Waals surface area (Å²) < 4.78 is 11.9. The van der Waals surface area contributed by atoms with E-state index in [-0.39, 0.29) is 0 Å². The fourth-order valence-corrected chi connectivity index (χ4v) is 5.37. The molecule has 0 aromatic heterocycles. The van der Waals surface area contributed by atoms with Crippen molar-refractivity contribution in [3.05, 3.63) is 0 Å². The molecule has 0 bridgehead atoms. The molecule has 6 heteroatoms. The van der Waals surface area contributed by atoms with Crippen molar-refractivity contribution in [2.75, 3.05) is 74.1 Å². The summed E-state index contributed by atoms with van der Waals surface area (Å²) in [5.41, 5.74) is 0. The lowest BCUT2D eigenvalue weighted by molar-refractivity contribution is 0.184. The molecule has 24 heavy (non-hydrogen) atoms. The van der Waals surface area contributed by atoms with Crippen LogP contribution < -0.4 is 0 Å². The van der Waals surface area contributed by atoms with Crippen molar-refractivity contribution in [2.45, 2.75) is 45.7 Å². The molecule has 146 valence electrons. The first-order valence-electron chi connectivity index (χ1n) is 9.62. The summed E-state index contributed by atoms with van der Waals surface area (Å²) in [5, 5.41) is 0. The zero-order valence-corrected chi connectivity index (χ0v) is 18.4. The number of hydrogen-bond acceptors (Lipinski definition) is 5. The van der Waals surface area contributed by atoms with Crippen molar-refractivity contribution in [1.82, 2.24) is 14.7 Å². The number of nitrogens with zero attached hydrogens (tertiary/aromatic N) is 3. The third-order valence-electron chi connectivity index (χ3n) is 4.16. The topological polar surface area (TPSA) is 28.2 Å². The van der Waals surface area contributed by atoms with E-state index in [1.165, 1.54) is 32.4 Å². The SMILES string of the molecule is CCO[Si](C)(CCCN(CCCN(C)C)CCCN(C)C)OCC. The predicted molar refractivity (Wildman–Crippen MR) is 107 cm³/mol. The Morgan fingerprint density at radius 3 is 1.46 bits per heavy atom. The lowest BCUT2D eigenvalue weighted by Crippen LogP contribution is -2.40. The molecule has 0 atom stereocenters. The Labute approximate surface area is 152 Å². The molecule has 0 N–H and O–H groups in total. The zero-order chi connectivity index (χ0) is 18.4. The van der Waals surface area contributed by atoms with Crippen LogP contribution in [0.4, 0.5) is 0 Å². The Hall–Kier alpha value is 0.0169. The van der Waals surface area contributed by atoms with Gasteiger partial charge in [0.25, 0.3) is 0 Å². The molecule has 0 fully saturated rings. The van der Waals surface area contributed by atoms with Crippen LogP contribution in [0.5, 0.6) is 0 Å². The third-order valence-corrected chi connectivity index (χ3v) is 7.22.